The van der Waals surface area contributed by atoms with E-state index in [4.69, 9.17) is 5.11 Å². The summed E-state index contributed by atoms with van der Waals surface area (Å²) in [6.07, 6.45) is 0.479. The molecule has 0 saturated carbocycles. The summed E-state index contributed by atoms with van der Waals surface area (Å²) >= 11 is 0. The fourth-order valence-corrected chi connectivity index (χ4v) is 1.63. The molecular formula is C17H23NO2. The minimum absolute atomic E-state index is 0.0162. The van der Waals surface area contributed by atoms with Gasteiger partial charge in [0.15, 0.2) is 0 Å². The van der Waals surface area contributed by atoms with E-state index in [1.807, 2.05) is 45.0 Å². The standard InChI is InChI=1S/C17H23NO2/c1-13(2)14(3)17(20)18-12-16-9-6-8-15(11-16)7-4-5-10-19/h6,8-9,11,13-14,19H,5,10,12H2,1-3H3,(H,18,20). The van der Waals surface area contributed by atoms with Crippen LogP contribution in [0.4, 0.5) is 0 Å². The number of aliphatic hydroxyl groups excluding tert-OH is 1. The quantitative estimate of drug-likeness (QED) is 0.809. The summed E-state index contributed by atoms with van der Waals surface area (Å²) in [5.74, 6) is 6.32. The lowest BCUT2D eigenvalue weighted by Gasteiger charge is -2.15. The zero-order chi connectivity index (χ0) is 15.0. The monoisotopic (exact) mass is 273 g/mol. The highest BCUT2D eigenvalue weighted by atomic mass is 16.2. The first kappa shape index (κ1) is 16.3. The summed E-state index contributed by atoms with van der Waals surface area (Å²) in [5, 5.41) is 11.6. The van der Waals surface area contributed by atoms with Crippen LogP contribution in [0.15, 0.2) is 24.3 Å². The third kappa shape index (κ3) is 5.46. The zero-order valence-electron chi connectivity index (χ0n) is 12.4. The molecule has 108 valence electrons. The Balaban J connectivity index is 2.59. The van der Waals surface area contributed by atoms with Crippen LogP contribution in [0.1, 0.15) is 38.3 Å². The van der Waals surface area contributed by atoms with Crippen LogP contribution in [0.25, 0.3) is 0 Å². The van der Waals surface area contributed by atoms with Crippen molar-refractivity contribution in [1.82, 2.24) is 5.32 Å². The first-order valence-corrected chi connectivity index (χ1v) is 7.01. The number of benzene rings is 1. The van der Waals surface area contributed by atoms with Crippen molar-refractivity contribution in [2.75, 3.05) is 6.61 Å². The highest BCUT2D eigenvalue weighted by molar-refractivity contribution is 5.78. The van der Waals surface area contributed by atoms with Crippen LogP contribution in [0.5, 0.6) is 0 Å². The predicted molar refractivity (Wildman–Crippen MR) is 80.9 cm³/mol. The molecule has 0 aromatic heterocycles. The van der Waals surface area contributed by atoms with E-state index < -0.39 is 0 Å². The van der Waals surface area contributed by atoms with E-state index in [1.54, 1.807) is 0 Å². The Morgan fingerprint density at radius 2 is 2.10 bits per heavy atom. The molecule has 3 heteroatoms. The molecule has 0 aliphatic carbocycles. The average Bonchev–Trinajstić information content (AvgIpc) is 2.44. The zero-order valence-corrected chi connectivity index (χ0v) is 12.4. The van der Waals surface area contributed by atoms with Crippen LogP contribution in [0, 0.1) is 23.7 Å². The van der Waals surface area contributed by atoms with Gasteiger partial charge in [-0.05, 0) is 23.6 Å². The second kappa shape index (κ2) is 8.39. The molecule has 20 heavy (non-hydrogen) atoms. The maximum Gasteiger partial charge on any atom is 0.223 e. The van der Waals surface area contributed by atoms with Gasteiger partial charge in [0.2, 0.25) is 5.91 Å². The SMILES string of the molecule is CC(C)C(C)C(=O)NCc1cccc(C#CCCO)c1. The average molecular weight is 273 g/mol. The molecule has 0 saturated heterocycles. The number of rotatable bonds is 5. The molecular weight excluding hydrogens is 250 g/mol. The minimum Gasteiger partial charge on any atom is -0.395 e. The Hall–Kier alpha value is -1.79. The Morgan fingerprint density at radius 3 is 2.75 bits per heavy atom. The predicted octanol–water partition coefficient (Wildman–Crippen LogP) is 2.33. The normalized spacial score (nSPS) is 11.7. The van der Waals surface area contributed by atoms with Gasteiger partial charge in [-0.25, -0.2) is 0 Å². The smallest absolute Gasteiger partial charge is 0.223 e. The van der Waals surface area contributed by atoms with Gasteiger partial charge in [0.25, 0.3) is 0 Å². The van der Waals surface area contributed by atoms with Crippen molar-refractivity contribution in [2.45, 2.75) is 33.7 Å². The first-order valence-electron chi connectivity index (χ1n) is 7.01. The van der Waals surface area contributed by atoms with Crippen LogP contribution in [0.2, 0.25) is 0 Å². The Kier molecular flexibility index (Phi) is 6.83. The van der Waals surface area contributed by atoms with Gasteiger partial charge in [0.05, 0.1) is 6.61 Å². The maximum absolute atomic E-state index is 11.9. The van der Waals surface area contributed by atoms with Gasteiger partial charge in [0.1, 0.15) is 0 Å². The van der Waals surface area contributed by atoms with Gasteiger partial charge in [-0.15, -0.1) is 0 Å². The van der Waals surface area contributed by atoms with E-state index in [9.17, 15) is 4.79 Å². The summed E-state index contributed by atoms with van der Waals surface area (Å²) < 4.78 is 0. The van der Waals surface area contributed by atoms with E-state index in [-0.39, 0.29) is 18.4 Å². The van der Waals surface area contributed by atoms with E-state index in [2.05, 4.69) is 17.2 Å². The van der Waals surface area contributed by atoms with Crippen molar-refractivity contribution < 1.29 is 9.90 Å². The van der Waals surface area contributed by atoms with Gasteiger partial charge in [0, 0.05) is 24.4 Å². The summed E-state index contributed by atoms with van der Waals surface area (Å²) in [7, 11) is 0. The van der Waals surface area contributed by atoms with Crippen molar-refractivity contribution >= 4 is 5.91 Å². The molecule has 0 fully saturated rings. The number of carbonyl (C=O) groups is 1. The highest BCUT2D eigenvalue weighted by Crippen LogP contribution is 2.10. The lowest BCUT2D eigenvalue weighted by molar-refractivity contribution is -0.125. The van der Waals surface area contributed by atoms with E-state index in [0.29, 0.717) is 18.9 Å². The van der Waals surface area contributed by atoms with Crippen molar-refractivity contribution in [3.8, 4) is 11.8 Å². The van der Waals surface area contributed by atoms with Crippen molar-refractivity contribution in [1.29, 1.82) is 0 Å². The molecule has 2 N–H and O–H groups in total. The Labute approximate surface area is 121 Å². The fraction of sp³-hybridized carbons (Fsp3) is 0.471. The molecule has 1 unspecified atom stereocenters. The van der Waals surface area contributed by atoms with Crippen molar-refractivity contribution in [3.05, 3.63) is 35.4 Å². The van der Waals surface area contributed by atoms with Crippen LogP contribution >= 0.6 is 0 Å². The minimum atomic E-state index is 0.0162. The Bertz CT molecular complexity index is 497. The Morgan fingerprint density at radius 1 is 1.35 bits per heavy atom. The first-order chi connectivity index (χ1) is 9.54. The molecule has 0 spiro atoms. The van der Waals surface area contributed by atoms with Gasteiger partial charge in [-0.2, -0.15) is 0 Å². The third-order valence-corrected chi connectivity index (χ3v) is 3.28. The van der Waals surface area contributed by atoms with Gasteiger partial charge in [-0.3, -0.25) is 4.79 Å². The van der Waals surface area contributed by atoms with Gasteiger partial charge < -0.3 is 10.4 Å². The number of aliphatic hydroxyl groups is 1. The second-order valence-corrected chi connectivity index (χ2v) is 5.23. The lowest BCUT2D eigenvalue weighted by Crippen LogP contribution is -2.31. The summed E-state index contributed by atoms with van der Waals surface area (Å²) in [4.78, 5) is 11.9. The topological polar surface area (TPSA) is 49.3 Å². The molecule has 1 rings (SSSR count). The molecule has 0 aliphatic rings. The van der Waals surface area contributed by atoms with E-state index in [1.165, 1.54) is 0 Å². The number of nitrogens with one attached hydrogen (secondary N) is 1. The van der Waals surface area contributed by atoms with Crippen LogP contribution in [-0.4, -0.2) is 17.6 Å². The maximum atomic E-state index is 11.9. The third-order valence-electron chi connectivity index (χ3n) is 3.28. The molecule has 0 bridgehead atoms. The molecule has 1 atom stereocenters. The largest absolute Gasteiger partial charge is 0.395 e. The second-order valence-electron chi connectivity index (χ2n) is 5.23. The van der Waals surface area contributed by atoms with E-state index >= 15 is 0 Å². The highest BCUT2D eigenvalue weighted by Gasteiger charge is 2.15. The van der Waals surface area contributed by atoms with Crippen molar-refractivity contribution in [3.63, 3.8) is 0 Å². The number of hydrogen-bond acceptors (Lipinski definition) is 2. The van der Waals surface area contributed by atoms with Crippen LogP contribution in [0.3, 0.4) is 0 Å². The summed E-state index contributed by atoms with van der Waals surface area (Å²) in [6, 6.07) is 7.78. The number of amides is 1. The molecule has 0 aliphatic heterocycles. The molecule has 1 aromatic carbocycles. The molecule has 3 nitrogen and oxygen atoms in total. The molecule has 0 heterocycles. The summed E-state index contributed by atoms with van der Waals surface area (Å²) in [5.41, 5.74) is 1.94. The molecule has 1 amide bonds. The van der Waals surface area contributed by atoms with Crippen LogP contribution in [-0.2, 0) is 11.3 Å². The van der Waals surface area contributed by atoms with Gasteiger partial charge in [-0.1, -0.05) is 44.7 Å². The number of carbonyl (C=O) groups excluding carboxylic acids is 1. The van der Waals surface area contributed by atoms with Gasteiger partial charge >= 0.3 is 0 Å². The van der Waals surface area contributed by atoms with Crippen LogP contribution < -0.4 is 5.32 Å². The van der Waals surface area contributed by atoms with E-state index in [0.717, 1.165) is 11.1 Å². The van der Waals surface area contributed by atoms with Crippen molar-refractivity contribution in [2.24, 2.45) is 11.8 Å². The molecule has 1 aromatic rings. The molecule has 0 radical (unpaired) electrons. The summed E-state index contributed by atoms with van der Waals surface area (Å²) in [6.45, 7) is 6.63. The fourth-order valence-electron chi connectivity index (χ4n) is 1.63. The number of hydrogen-bond donors (Lipinski definition) is 2. The lowest BCUT2D eigenvalue weighted by atomic mass is 9.97.